The zero-order valence-electron chi connectivity index (χ0n) is 10.0. The summed E-state index contributed by atoms with van der Waals surface area (Å²) in [5, 5.41) is 0. The van der Waals surface area contributed by atoms with Crippen LogP contribution in [0.1, 0.15) is 26.3 Å². The van der Waals surface area contributed by atoms with Gasteiger partial charge in [0, 0.05) is 7.11 Å². The number of hydrogen-bond acceptors (Lipinski definition) is 2. The summed E-state index contributed by atoms with van der Waals surface area (Å²) in [6.07, 6.45) is 0. The van der Waals surface area contributed by atoms with Crippen LogP contribution < -0.4 is 4.74 Å². The number of methoxy groups -OCH3 is 1. The molecule has 0 fully saturated rings. The van der Waals surface area contributed by atoms with Gasteiger partial charge < -0.3 is 9.47 Å². The molecule has 15 heavy (non-hydrogen) atoms. The Hall–Kier alpha value is -1.02. The Morgan fingerprint density at radius 2 is 1.87 bits per heavy atom. The molecule has 0 bridgehead atoms. The Kier molecular flexibility index (Phi) is 4.15. The third-order valence-corrected chi connectivity index (χ3v) is 2.26. The van der Waals surface area contributed by atoms with Gasteiger partial charge in [-0.05, 0) is 23.1 Å². The molecule has 0 amide bonds. The molecule has 1 aromatic carbocycles. The van der Waals surface area contributed by atoms with Crippen LogP contribution in [0.2, 0.25) is 0 Å². The molecule has 2 heteroatoms. The quantitative estimate of drug-likeness (QED) is 0.708. The largest absolute Gasteiger partial charge is 0.491 e. The van der Waals surface area contributed by atoms with Crippen LogP contribution in [0.5, 0.6) is 5.75 Å². The van der Waals surface area contributed by atoms with E-state index in [1.54, 1.807) is 7.11 Å². The summed E-state index contributed by atoms with van der Waals surface area (Å²) in [6, 6.07) is 8.23. The Labute approximate surface area is 92.2 Å². The van der Waals surface area contributed by atoms with Crippen molar-refractivity contribution in [1.82, 2.24) is 0 Å². The van der Waals surface area contributed by atoms with Crippen molar-refractivity contribution in [3.05, 3.63) is 29.8 Å². The van der Waals surface area contributed by atoms with E-state index in [4.69, 9.17) is 9.47 Å². The van der Waals surface area contributed by atoms with E-state index in [1.165, 1.54) is 5.56 Å². The van der Waals surface area contributed by atoms with Gasteiger partial charge in [0.2, 0.25) is 0 Å². The Bertz CT molecular complexity index is 300. The Morgan fingerprint density at radius 3 is 2.47 bits per heavy atom. The maximum Gasteiger partial charge on any atom is 0.119 e. The van der Waals surface area contributed by atoms with Crippen molar-refractivity contribution in [2.24, 2.45) is 0 Å². The van der Waals surface area contributed by atoms with Gasteiger partial charge in [-0.3, -0.25) is 0 Å². The van der Waals surface area contributed by atoms with Gasteiger partial charge in [-0.25, -0.2) is 0 Å². The molecule has 84 valence electrons. The molecule has 2 nitrogen and oxygen atoms in total. The molecule has 0 heterocycles. The zero-order valence-corrected chi connectivity index (χ0v) is 10.0. The average molecular weight is 208 g/mol. The molecule has 0 aliphatic carbocycles. The fraction of sp³-hybridized carbons (Fsp3) is 0.538. The van der Waals surface area contributed by atoms with Crippen molar-refractivity contribution in [3.63, 3.8) is 0 Å². The lowest BCUT2D eigenvalue weighted by atomic mass is 9.87. The number of benzene rings is 1. The van der Waals surface area contributed by atoms with Crippen LogP contribution in [0.15, 0.2) is 24.3 Å². The van der Waals surface area contributed by atoms with E-state index in [1.807, 2.05) is 12.1 Å². The fourth-order valence-corrected chi connectivity index (χ4v) is 1.30. The van der Waals surface area contributed by atoms with E-state index >= 15 is 0 Å². The minimum Gasteiger partial charge on any atom is -0.491 e. The number of ether oxygens (including phenoxy) is 2. The lowest BCUT2D eigenvalue weighted by Crippen LogP contribution is -2.11. The van der Waals surface area contributed by atoms with Gasteiger partial charge in [0.15, 0.2) is 0 Å². The minimum atomic E-state index is 0.167. The molecule has 0 radical (unpaired) electrons. The zero-order chi connectivity index (χ0) is 11.3. The lowest BCUT2D eigenvalue weighted by Gasteiger charge is -2.19. The molecular weight excluding hydrogens is 188 g/mol. The maximum absolute atomic E-state index is 5.56. The van der Waals surface area contributed by atoms with Gasteiger partial charge in [0.1, 0.15) is 12.4 Å². The van der Waals surface area contributed by atoms with Crippen LogP contribution in [-0.4, -0.2) is 20.3 Å². The van der Waals surface area contributed by atoms with Crippen LogP contribution in [0.4, 0.5) is 0 Å². The van der Waals surface area contributed by atoms with Crippen LogP contribution in [0, 0.1) is 0 Å². The molecule has 0 atom stereocenters. The highest BCUT2D eigenvalue weighted by molar-refractivity contribution is 5.32. The highest BCUT2D eigenvalue weighted by Crippen LogP contribution is 2.25. The van der Waals surface area contributed by atoms with E-state index in [0.717, 1.165) is 5.75 Å². The first-order valence-corrected chi connectivity index (χ1v) is 5.26. The summed E-state index contributed by atoms with van der Waals surface area (Å²) in [6.45, 7) is 7.81. The fourth-order valence-electron chi connectivity index (χ4n) is 1.30. The van der Waals surface area contributed by atoms with Gasteiger partial charge in [-0.15, -0.1) is 0 Å². The van der Waals surface area contributed by atoms with Gasteiger partial charge >= 0.3 is 0 Å². The monoisotopic (exact) mass is 208 g/mol. The maximum atomic E-state index is 5.56. The Morgan fingerprint density at radius 1 is 1.13 bits per heavy atom. The van der Waals surface area contributed by atoms with Crippen molar-refractivity contribution < 1.29 is 9.47 Å². The summed E-state index contributed by atoms with van der Waals surface area (Å²) in [7, 11) is 1.68. The summed E-state index contributed by atoms with van der Waals surface area (Å²) in [4.78, 5) is 0. The topological polar surface area (TPSA) is 18.5 Å². The van der Waals surface area contributed by atoms with Crippen LogP contribution in [0.25, 0.3) is 0 Å². The molecule has 0 saturated heterocycles. The van der Waals surface area contributed by atoms with E-state index in [2.05, 4.69) is 32.9 Å². The SMILES string of the molecule is COCCOc1cccc(C(C)(C)C)c1. The van der Waals surface area contributed by atoms with Gasteiger partial charge in [0.05, 0.1) is 6.61 Å². The first kappa shape index (κ1) is 12.1. The predicted molar refractivity (Wildman–Crippen MR) is 62.5 cm³/mol. The van der Waals surface area contributed by atoms with Gasteiger partial charge in [-0.2, -0.15) is 0 Å². The molecule has 1 aromatic rings. The highest BCUT2D eigenvalue weighted by atomic mass is 16.5. The summed E-state index contributed by atoms with van der Waals surface area (Å²) < 4.78 is 10.5. The first-order chi connectivity index (χ1) is 7.04. The van der Waals surface area contributed by atoms with Crippen molar-refractivity contribution in [1.29, 1.82) is 0 Å². The van der Waals surface area contributed by atoms with Crippen molar-refractivity contribution in [3.8, 4) is 5.75 Å². The lowest BCUT2D eigenvalue weighted by molar-refractivity contribution is 0.146. The summed E-state index contributed by atoms with van der Waals surface area (Å²) >= 11 is 0. The molecule has 1 rings (SSSR count). The standard InChI is InChI=1S/C13H20O2/c1-13(2,3)11-6-5-7-12(10-11)15-9-8-14-4/h5-7,10H,8-9H2,1-4H3. The predicted octanol–water partition coefficient (Wildman–Crippen LogP) is 3.01. The molecule has 0 saturated carbocycles. The smallest absolute Gasteiger partial charge is 0.119 e. The third kappa shape index (κ3) is 3.92. The van der Waals surface area contributed by atoms with Crippen molar-refractivity contribution in [2.75, 3.05) is 20.3 Å². The summed E-state index contributed by atoms with van der Waals surface area (Å²) in [5.41, 5.74) is 1.46. The molecule has 0 spiro atoms. The highest BCUT2D eigenvalue weighted by Gasteiger charge is 2.13. The molecular formula is C13H20O2. The average Bonchev–Trinajstić information content (AvgIpc) is 2.17. The second-order valence-electron chi connectivity index (χ2n) is 4.62. The molecule has 0 unspecified atom stereocenters. The molecule has 0 N–H and O–H groups in total. The van der Waals surface area contributed by atoms with E-state index < -0.39 is 0 Å². The van der Waals surface area contributed by atoms with E-state index in [0.29, 0.717) is 13.2 Å². The second kappa shape index (κ2) is 5.17. The van der Waals surface area contributed by atoms with Crippen LogP contribution in [-0.2, 0) is 10.2 Å². The van der Waals surface area contributed by atoms with Crippen LogP contribution >= 0.6 is 0 Å². The Balaban J connectivity index is 2.66. The van der Waals surface area contributed by atoms with Crippen molar-refractivity contribution >= 4 is 0 Å². The number of hydrogen-bond donors (Lipinski definition) is 0. The third-order valence-electron chi connectivity index (χ3n) is 2.26. The van der Waals surface area contributed by atoms with E-state index in [-0.39, 0.29) is 5.41 Å². The second-order valence-corrected chi connectivity index (χ2v) is 4.62. The molecule has 0 aliphatic rings. The normalized spacial score (nSPS) is 11.5. The summed E-state index contributed by atoms with van der Waals surface area (Å²) in [5.74, 6) is 0.916. The number of rotatable bonds is 4. The minimum absolute atomic E-state index is 0.167. The van der Waals surface area contributed by atoms with Crippen molar-refractivity contribution in [2.45, 2.75) is 26.2 Å². The molecule has 0 aromatic heterocycles. The van der Waals surface area contributed by atoms with Gasteiger partial charge in [0.25, 0.3) is 0 Å². The first-order valence-electron chi connectivity index (χ1n) is 5.26. The van der Waals surface area contributed by atoms with Crippen LogP contribution in [0.3, 0.4) is 0 Å². The van der Waals surface area contributed by atoms with E-state index in [9.17, 15) is 0 Å². The molecule has 0 aliphatic heterocycles. The van der Waals surface area contributed by atoms with Gasteiger partial charge in [-0.1, -0.05) is 32.9 Å².